The largest absolute Gasteiger partial charge is 0.383 e. The van der Waals surface area contributed by atoms with Crippen LogP contribution in [0.4, 0.5) is 5.69 Å². The number of piperazine rings is 1. The van der Waals surface area contributed by atoms with Gasteiger partial charge in [-0.1, -0.05) is 18.2 Å². The minimum Gasteiger partial charge on any atom is -0.383 e. The van der Waals surface area contributed by atoms with Crippen molar-refractivity contribution in [2.45, 2.75) is 25.8 Å². The Morgan fingerprint density at radius 2 is 1.89 bits per heavy atom. The fourth-order valence-corrected chi connectivity index (χ4v) is 4.94. The summed E-state index contributed by atoms with van der Waals surface area (Å²) in [6.07, 6.45) is 4.12. The zero-order valence-corrected chi connectivity index (χ0v) is 20.7. The minimum atomic E-state index is -0.0232. The average molecular weight is 474 g/mol. The van der Waals surface area contributed by atoms with Crippen LogP contribution in [-0.4, -0.2) is 79.7 Å². The molecule has 2 aromatic carbocycles. The number of ether oxygens (including phenoxy) is 1. The Bertz CT molecular complexity index is 1150. The van der Waals surface area contributed by atoms with Gasteiger partial charge in [0, 0.05) is 56.1 Å². The first-order valence-corrected chi connectivity index (χ1v) is 12.4. The van der Waals surface area contributed by atoms with Crippen molar-refractivity contribution in [3.05, 3.63) is 65.9 Å². The van der Waals surface area contributed by atoms with Crippen molar-refractivity contribution in [2.75, 3.05) is 57.9 Å². The second kappa shape index (κ2) is 12.0. The molecule has 0 bridgehead atoms. The molecule has 1 N–H and O–H groups in total. The minimum absolute atomic E-state index is 0.0232. The van der Waals surface area contributed by atoms with Crippen molar-refractivity contribution in [1.29, 1.82) is 5.26 Å². The van der Waals surface area contributed by atoms with Gasteiger partial charge in [0.2, 0.25) is 5.91 Å². The van der Waals surface area contributed by atoms with E-state index in [1.54, 1.807) is 7.11 Å². The first kappa shape index (κ1) is 24.9. The molecule has 3 aromatic rings. The van der Waals surface area contributed by atoms with Gasteiger partial charge in [-0.25, -0.2) is 0 Å². The first-order chi connectivity index (χ1) is 17.1. The van der Waals surface area contributed by atoms with Crippen LogP contribution in [0, 0.1) is 11.3 Å². The molecule has 0 radical (unpaired) electrons. The normalized spacial score (nSPS) is 15.7. The van der Waals surface area contributed by atoms with E-state index in [2.05, 4.69) is 27.0 Å². The Kier molecular flexibility index (Phi) is 8.54. The highest BCUT2D eigenvalue weighted by atomic mass is 16.5. The molecule has 7 heteroatoms. The number of H-pyrrole nitrogens is 1. The quantitative estimate of drug-likeness (QED) is 0.486. The summed E-state index contributed by atoms with van der Waals surface area (Å²) in [5.74, 6) is 0.116. The second-order valence-corrected chi connectivity index (χ2v) is 9.31. The molecule has 0 aliphatic carbocycles. The topological polar surface area (TPSA) is 75.6 Å². The predicted octanol–water partition coefficient (Wildman–Crippen LogP) is 3.66. The Balaban J connectivity index is 1.25. The lowest BCUT2D eigenvalue weighted by Crippen LogP contribution is -2.52. The van der Waals surface area contributed by atoms with Gasteiger partial charge in [0.1, 0.15) is 0 Å². The van der Waals surface area contributed by atoms with Crippen molar-refractivity contribution < 1.29 is 9.53 Å². The van der Waals surface area contributed by atoms with Crippen molar-refractivity contribution >= 4 is 22.5 Å². The van der Waals surface area contributed by atoms with Crippen LogP contribution in [0.5, 0.6) is 0 Å². The number of carbonyl (C=O) groups excluding carboxylic acids is 1. The number of carbonyl (C=O) groups is 1. The summed E-state index contributed by atoms with van der Waals surface area (Å²) in [6, 6.07) is 17.9. The maximum Gasteiger partial charge on any atom is 0.241 e. The van der Waals surface area contributed by atoms with E-state index >= 15 is 0 Å². The van der Waals surface area contributed by atoms with Gasteiger partial charge >= 0.3 is 0 Å². The fraction of sp³-hybridized carbons (Fsp3) is 0.429. The number of anilines is 1. The average Bonchev–Trinajstić information content (AvgIpc) is 3.28. The number of hydrogen-bond acceptors (Lipinski definition) is 5. The van der Waals surface area contributed by atoms with E-state index in [0.29, 0.717) is 18.7 Å². The van der Waals surface area contributed by atoms with E-state index in [-0.39, 0.29) is 11.9 Å². The molecule has 1 atom stereocenters. The van der Waals surface area contributed by atoms with Crippen LogP contribution in [0.15, 0.2) is 54.7 Å². The fourth-order valence-electron chi connectivity index (χ4n) is 4.94. The van der Waals surface area contributed by atoms with Crippen LogP contribution < -0.4 is 4.90 Å². The summed E-state index contributed by atoms with van der Waals surface area (Å²) < 4.78 is 5.33. The number of nitrogens with one attached hydrogen (secondary N) is 1. The van der Waals surface area contributed by atoms with Crippen LogP contribution in [0.3, 0.4) is 0 Å². The van der Waals surface area contributed by atoms with Crippen LogP contribution in [0.2, 0.25) is 0 Å². The predicted molar refractivity (Wildman–Crippen MR) is 139 cm³/mol. The lowest BCUT2D eigenvalue weighted by molar-refractivity contribution is -0.120. The molecule has 1 aliphatic heterocycles. The summed E-state index contributed by atoms with van der Waals surface area (Å²) in [5.41, 5.74) is 3.97. The number of aromatic amines is 1. The van der Waals surface area contributed by atoms with E-state index in [1.165, 1.54) is 5.56 Å². The van der Waals surface area contributed by atoms with Crippen LogP contribution in [-0.2, 0) is 16.0 Å². The monoisotopic (exact) mass is 473 g/mol. The Morgan fingerprint density at radius 1 is 1.14 bits per heavy atom. The lowest BCUT2D eigenvalue weighted by Gasteiger charge is -2.36. The number of fused-ring (bicyclic) bond motifs is 1. The molecule has 4 rings (SSSR count). The van der Waals surface area contributed by atoms with E-state index in [9.17, 15) is 10.1 Å². The number of hydrogen-bond donors (Lipinski definition) is 1. The van der Waals surface area contributed by atoms with Crippen molar-refractivity contribution in [3.63, 3.8) is 0 Å². The van der Waals surface area contributed by atoms with Crippen molar-refractivity contribution in [3.8, 4) is 6.07 Å². The van der Waals surface area contributed by atoms with E-state index < -0.39 is 0 Å². The molecular weight excluding hydrogens is 438 g/mol. The molecule has 2 heterocycles. The summed E-state index contributed by atoms with van der Waals surface area (Å²) in [4.78, 5) is 23.2. The molecule has 1 amide bonds. The van der Waals surface area contributed by atoms with Gasteiger partial charge in [0.05, 0.1) is 30.8 Å². The number of methoxy groups -OCH3 is 1. The molecule has 1 fully saturated rings. The summed E-state index contributed by atoms with van der Waals surface area (Å²) >= 11 is 0. The van der Waals surface area contributed by atoms with Gasteiger partial charge in [-0.15, -0.1) is 0 Å². The highest BCUT2D eigenvalue weighted by molar-refractivity contribution is 5.95. The smallest absolute Gasteiger partial charge is 0.241 e. The molecule has 1 aromatic heterocycles. The van der Waals surface area contributed by atoms with Gasteiger partial charge in [0.25, 0.3) is 0 Å². The number of rotatable bonds is 10. The summed E-state index contributed by atoms with van der Waals surface area (Å²) in [6.45, 7) is 7.72. The summed E-state index contributed by atoms with van der Waals surface area (Å²) in [7, 11) is 1.67. The number of aryl methyl sites for hydroxylation is 1. The molecule has 1 saturated heterocycles. The highest BCUT2D eigenvalue weighted by Crippen LogP contribution is 2.21. The van der Waals surface area contributed by atoms with Crippen molar-refractivity contribution in [1.82, 2.24) is 14.8 Å². The first-order valence-electron chi connectivity index (χ1n) is 12.4. The van der Waals surface area contributed by atoms with Gasteiger partial charge in [0.15, 0.2) is 0 Å². The molecule has 7 nitrogen and oxygen atoms in total. The zero-order chi connectivity index (χ0) is 24.6. The Labute approximate surface area is 207 Å². The number of aromatic nitrogens is 1. The third-order valence-corrected chi connectivity index (χ3v) is 6.79. The van der Waals surface area contributed by atoms with Crippen LogP contribution in [0.25, 0.3) is 10.9 Å². The third-order valence-electron chi connectivity index (χ3n) is 6.79. The summed E-state index contributed by atoms with van der Waals surface area (Å²) in [5, 5.41) is 10.3. The molecular formula is C28H35N5O2. The van der Waals surface area contributed by atoms with Gasteiger partial charge in [-0.3, -0.25) is 9.69 Å². The van der Waals surface area contributed by atoms with Gasteiger partial charge in [-0.05, 0) is 62.2 Å². The molecule has 1 aliphatic rings. The van der Waals surface area contributed by atoms with E-state index in [0.717, 1.165) is 62.2 Å². The number of benzene rings is 2. The Morgan fingerprint density at radius 3 is 2.60 bits per heavy atom. The molecule has 35 heavy (non-hydrogen) atoms. The zero-order valence-electron chi connectivity index (χ0n) is 20.7. The molecule has 0 spiro atoms. The maximum atomic E-state index is 13.3. The number of nitriles is 1. The molecule has 1 unspecified atom stereocenters. The standard InChI is InChI=1S/C28H35N5O2/c1-22(21-35-2)33(25-8-4-3-5-9-25)28(34)20-32-15-13-31(14-16-32)12-6-7-24-19-30-27-11-10-23(18-29)17-26(24)27/h3-5,8-11,17,19,22,30H,6-7,12-16,20-21H2,1-2H3. The third kappa shape index (κ3) is 6.29. The van der Waals surface area contributed by atoms with Gasteiger partial charge in [-0.2, -0.15) is 5.26 Å². The lowest BCUT2D eigenvalue weighted by atomic mass is 10.1. The number of amides is 1. The number of para-hydroxylation sites is 1. The number of nitrogens with zero attached hydrogens (tertiary/aromatic N) is 4. The van der Waals surface area contributed by atoms with Crippen molar-refractivity contribution in [2.24, 2.45) is 0 Å². The SMILES string of the molecule is COCC(C)N(C(=O)CN1CCN(CCCc2c[nH]c3ccc(C#N)cc23)CC1)c1ccccc1. The Hall–Kier alpha value is -3.18. The van der Waals surface area contributed by atoms with Gasteiger partial charge < -0.3 is 19.5 Å². The maximum absolute atomic E-state index is 13.3. The van der Waals surface area contributed by atoms with Crippen LogP contribution in [0.1, 0.15) is 24.5 Å². The second-order valence-electron chi connectivity index (χ2n) is 9.31. The highest BCUT2D eigenvalue weighted by Gasteiger charge is 2.25. The molecule has 0 saturated carbocycles. The van der Waals surface area contributed by atoms with E-state index in [4.69, 9.17) is 4.74 Å². The van der Waals surface area contributed by atoms with Crippen LogP contribution >= 0.6 is 0 Å². The van der Waals surface area contributed by atoms with E-state index in [1.807, 2.05) is 60.4 Å². The molecule has 184 valence electrons.